The second kappa shape index (κ2) is 4.55. The van der Waals surface area contributed by atoms with E-state index < -0.39 is 5.54 Å². The van der Waals surface area contributed by atoms with Gasteiger partial charge in [-0.2, -0.15) is 5.10 Å². The molecule has 108 valence electrons. The van der Waals surface area contributed by atoms with Gasteiger partial charge in [0.05, 0.1) is 6.54 Å². The lowest BCUT2D eigenvalue weighted by Gasteiger charge is -2.19. The molecule has 2 fully saturated rings. The van der Waals surface area contributed by atoms with Crippen LogP contribution in [0.15, 0.2) is 6.33 Å². The van der Waals surface area contributed by atoms with E-state index in [2.05, 4.69) is 20.7 Å². The van der Waals surface area contributed by atoms with Crippen molar-refractivity contribution < 1.29 is 9.59 Å². The monoisotopic (exact) mass is 278 g/mol. The molecule has 2 aliphatic rings. The molecule has 8 heteroatoms. The third kappa shape index (κ3) is 1.87. The average molecular weight is 278 g/mol. The summed E-state index contributed by atoms with van der Waals surface area (Å²) in [5, 5.41) is 10.0. The lowest BCUT2D eigenvalue weighted by molar-refractivity contribution is -0.131. The first-order chi connectivity index (χ1) is 9.53. The van der Waals surface area contributed by atoms with Gasteiger partial charge in [0.25, 0.3) is 5.91 Å². The van der Waals surface area contributed by atoms with Gasteiger partial charge in [0.15, 0.2) is 0 Å². The standard InChI is InChI=1S/C12H18N6O2/c1-8(2)18-9(14-7-15-18)5-17-10(19)12(16-11(17)20)3-4-13-6-12/h7-8,13H,3-6H2,1-2H3,(H,16,20). The SMILES string of the molecule is CC(C)n1ncnc1CN1C(=O)NC2(CCNC2)C1=O. The van der Waals surface area contributed by atoms with Crippen LogP contribution in [-0.4, -0.2) is 50.2 Å². The molecule has 8 nitrogen and oxygen atoms in total. The molecule has 1 atom stereocenters. The second-order valence-electron chi connectivity index (χ2n) is 5.54. The third-order valence-corrected chi connectivity index (χ3v) is 3.84. The van der Waals surface area contributed by atoms with Crippen molar-refractivity contribution >= 4 is 11.9 Å². The molecule has 1 spiro atoms. The van der Waals surface area contributed by atoms with Crippen LogP contribution in [0.4, 0.5) is 4.79 Å². The Hall–Kier alpha value is -1.96. The van der Waals surface area contributed by atoms with E-state index in [-0.39, 0.29) is 24.5 Å². The summed E-state index contributed by atoms with van der Waals surface area (Å²) in [4.78, 5) is 29.9. The second-order valence-corrected chi connectivity index (χ2v) is 5.54. The van der Waals surface area contributed by atoms with Crippen molar-refractivity contribution in [1.82, 2.24) is 30.3 Å². The maximum absolute atomic E-state index is 12.5. The van der Waals surface area contributed by atoms with E-state index >= 15 is 0 Å². The lowest BCUT2D eigenvalue weighted by Crippen LogP contribution is -2.48. The highest BCUT2D eigenvalue weighted by molar-refractivity contribution is 6.07. The normalized spacial score (nSPS) is 26.1. The molecule has 3 heterocycles. The van der Waals surface area contributed by atoms with Gasteiger partial charge < -0.3 is 10.6 Å². The summed E-state index contributed by atoms with van der Waals surface area (Å²) in [5.41, 5.74) is -0.764. The first-order valence-electron chi connectivity index (χ1n) is 6.77. The molecule has 0 aliphatic carbocycles. The van der Waals surface area contributed by atoms with Crippen molar-refractivity contribution in [2.45, 2.75) is 38.4 Å². The molecule has 0 radical (unpaired) electrons. The van der Waals surface area contributed by atoms with Crippen molar-refractivity contribution in [1.29, 1.82) is 0 Å². The maximum Gasteiger partial charge on any atom is 0.325 e. The number of nitrogens with zero attached hydrogens (tertiary/aromatic N) is 4. The zero-order valence-corrected chi connectivity index (χ0v) is 11.6. The summed E-state index contributed by atoms with van der Waals surface area (Å²) < 4.78 is 1.72. The number of nitrogens with one attached hydrogen (secondary N) is 2. The minimum Gasteiger partial charge on any atom is -0.322 e. The third-order valence-electron chi connectivity index (χ3n) is 3.84. The highest BCUT2D eigenvalue weighted by Crippen LogP contribution is 2.25. The van der Waals surface area contributed by atoms with Gasteiger partial charge in [-0.25, -0.2) is 14.5 Å². The van der Waals surface area contributed by atoms with Gasteiger partial charge in [0.2, 0.25) is 0 Å². The molecule has 2 aliphatic heterocycles. The van der Waals surface area contributed by atoms with Crippen LogP contribution in [0.25, 0.3) is 0 Å². The number of carbonyl (C=O) groups excluding carboxylic acids is 2. The van der Waals surface area contributed by atoms with Crippen LogP contribution >= 0.6 is 0 Å². The topological polar surface area (TPSA) is 92.2 Å². The van der Waals surface area contributed by atoms with Gasteiger partial charge in [-0.05, 0) is 26.8 Å². The van der Waals surface area contributed by atoms with Crippen molar-refractivity contribution in [3.05, 3.63) is 12.2 Å². The Morgan fingerprint density at radius 3 is 2.90 bits per heavy atom. The van der Waals surface area contributed by atoms with Crippen molar-refractivity contribution in [2.24, 2.45) is 0 Å². The number of rotatable bonds is 3. The quantitative estimate of drug-likeness (QED) is 0.737. The van der Waals surface area contributed by atoms with E-state index in [0.717, 1.165) is 6.54 Å². The summed E-state index contributed by atoms with van der Waals surface area (Å²) in [6.07, 6.45) is 2.08. The molecule has 0 saturated carbocycles. The number of hydrogen-bond donors (Lipinski definition) is 2. The number of imide groups is 1. The van der Waals surface area contributed by atoms with Gasteiger partial charge in [-0.15, -0.1) is 0 Å². The number of amides is 3. The van der Waals surface area contributed by atoms with Crippen LogP contribution in [0.1, 0.15) is 32.1 Å². The molecule has 3 rings (SSSR count). The molecular weight excluding hydrogens is 260 g/mol. The highest BCUT2D eigenvalue weighted by atomic mass is 16.2. The van der Waals surface area contributed by atoms with Gasteiger partial charge in [-0.3, -0.25) is 9.69 Å². The Kier molecular flexibility index (Phi) is 2.97. The summed E-state index contributed by atoms with van der Waals surface area (Å²) in [5.74, 6) is 0.442. The summed E-state index contributed by atoms with van der Waals surface area (Å²) in [6.45, 7) is 5.34. The zero-order valence-electron chi connectivity index (χ0n) is 11.6. The van der Waals surface area contributed by atoms with E-state index in [9.17, 15) is 9.59 Å². The molecule has 3 amide bonds. The summed E-state index contributed by atoms with van der Waals surface area (Å²) in [6, 6.07) is -0.215. The summed E-state index contributed by atoms with van der Waals surface area (Å²) in [7, 11) is 0. The number of carbonyl (C=O) groups is 2. The smallest absolute Gasteiger partial charge is 0.322 e. The molecule has 2 saturated heterocycles. The van der Waals surface area contributed by atoms with Gasteiger partial charge in [0.1, 0.15) is 17.7 Å². The Morgan fingerprint density at radius 2 is 2.25 bits per heavy atom. The molecule has 1 unspecified atom stereocenters. The minimum atomic E-state index is -0.764. The van der Waals surface area contributed by atoms with Crippen molar-refractivity contribution in [3.8, 4) is 0 Å². The average Bonchev–Trinajstić information content (AvgIpc) is 3.07. The molecular formula is C12H18N6O2. The van der Waals surface area contributed by atoms with Crippen LogP contribution in [0.5, 0.6) is 0 Å². The van der Waals surface area contributed by atoms with Crippen LogP contribution < -0.4 is 10.6 Å². The maximum atomic E-state index is 12.5. The zero-order chi connectivity index (χ0) is 14.3. The van der Waals surface area contributed by atoms with E-state index in [0.29, 0.717) is 18.8 Å². The van der Waals surface area contributed by atoms with Gasteiger partial charge >= 0.3 is 6.03 Å². The Balaban J connectivity index is 1.82. The van der Waals surface area contributed by atoms with Crippen LogP contribution in [-0.2, 0) is 11.3 Å². The van der Waals surface area contributed by atoms with Crippen molar-refractivity contribution in [3.63, 3.8) is 0 Å². The van der Waals surface area contributed by atoms with E-state index in [1.165, 1.54) is 11.2 Å². The number of aromatic nitrogens is 3. The Bertz CT molecular complexity index is 546. The molecule has 1 aromatic heterocycles. The molecule has 1 aromatic rings. The number of hydrogen-bond acceptors (Lipinski definition) is 5. The Morgan fingerprint density at radius 1 is 1.45 bits per heavy atom. The number of urea groups is 1. The van der Waals surface area contributed by atoms with Gasteiger partial charge in [0, 0.05) is 12.6 Å². The first kappa shape index (κ1) is 13.0. The summed E-state index contributed by atoms with van der Waals surface area (Å²) >= 11 is 0. The fraction of sp³-hybridized carbons (Fsp3) is 0.667. The highest BCUT2D eigenvalue weighted by Gasteiger charge is 2.52. The minimum absolute atomic E-state index is 0.135. The fourth-order valence-electron chi connectivity index (χ4n) is 2.76. The first-order valence-corrected chi connectivity index (χ1v) is 6.77. The van der Waals surface area contributed by atoms with Crippen LogP contribution in [0.3, 0.4) is 0 Å². The Labute approximate surface area is 116 Å². The lowest BCUT2D eigenvalue weighted by atomic mass is 9.99. The molecule has 20 heavy (non-hydrogen) atoms. The van der Waals surface area contributed by atoms with Gasteiger partial charge in [-0.1, -0.05) is 0 Å². The molecule has 0 aromatic carbocycles. The van der Waals surface area contributed by atoms with Crippen LogP contribution in [0.2, 0.25) is 0 Å². The van der Waals surface area contributed by atoms with E-state index in [4.69, 9.17) is 0 Å². The fourth-order valence-corrected chi connectivity index (χ4v) is 2.76. The predicted molar refractivity (Wildman–Crippen MR) is 69.7 cm³/mol. The molecule has 0 bridgehead atoms. The van der Waals surface area contributed by atoms with Crippen LogP contribution in [0, 0.1) is 0 Å². The van der Waals surface area contributed by atoms with Crippen molar-refractivity contribution in [2.75, 3.05) is 13.1 Å². The van der Waals surface area contributed by atoms with E-state index in [1.54, 1.807) is 4.68 Å². The largest absolute Gasteiger partial charge is 0.325 e. The molecule has 2 N–H and O–H groups in total. The van der Waals surface area contributed by atoms with E-state index in [1.807, 2.05) is 13.8 Å². The predicted octanol–water partition coefficient (Wildman–Crippen LogP) is -0.357.